The van der Waals surface area contributed by atoms with Crippen molar-refractivity contribution in [3.05, 3.63) is 46.0 Å². The van der Waals surface area contributed by atoms with Crippen LogP contribution in [0.25, 0.3) is 0 Å². The summed E-state index contributed by atoms with van der Waals surface area (Å²) in [6.07, 6.45) is 2.42. The van der Waals surface area contributed by atoms with Gasteiger partial charge in [-0.05, 0) is 12.1 Å². The first-order valence-electron chi connectivity index (χ1n) is 7.12. The lowest BCUT2D eigenvalue weighted by Gasteiger charge is -2.36. The summed E-state index contributed by atoms with van der Waals surface area (Å²) < 4.78 is -0.315. The molecule has 0 radical (unpaired) electrons. The van der Waals surface area contributed by atoms with Crippen LogP contribution in [0.15, 0.2) is 45.0 Å². The van der Waals surface area contributed by atoms with Gasteiger partial charge in [0.1, 0.15) is 4.90 Å². The van der Waals surface area contributed by atoms with Gasteiger partial charge in [-0.25, -0.2) is 5.10 Å². The quantitative estimate of drug-likeness (QED) is 0.692. The number of rotatable bonds is 4. The number of nitrogens with one attached hydrogen (secondary N) is 1. The summed E-state index contributed by atoms with van der Waals surface area (Å²) in [5, 5.41) is 18.1. The molecule has 116 valence electrons. The molecule has 0 saturated carbocycles. The molecule has 2 heterocycles. The fraction of sp³-hybridized carbons (Fsp3) is 0.333. The Kier molecular flexibility index (Phi) is 3.94. The minimum atomic E-state index is -0.315. The Balaban J connectivity index is 1.95. The van der Waals surface area contributed by atoms with Crippen molar-refractivity contribution in [2.45, 2.75) is 16.2 Å². The monoisotopic (exact) mass is 318 g/mol. The molecule has 0 spiro atoms. The molecule has 1 aromatic carbocycles. The van der Waals surface area contributed by atoms with Crippen molar-refractivity contribution in [2.24, 2.45) is 0 Å². The van der Waals surface area contributed by atoms with Gasteiger partial charge in [-0.3, -0.25) is 4.79 Å². The molecule has 6 nitrogen and oxygen atoms in total. The molecule has 0 atom stereocenters. The fourth-order valence-corrected chi connectivity index (χ4v) is 3.58. The molecule has 1 N–H and O–H groups in total. The summed E-state index contributed by atoms with van der Waals surface area (Å²) in [5.74, 6) is 0. The number of hydrogen-bond donors (Lipinski definition) is 1. The standard InChI is InChI=1S/C15H18N4O2S/c1-19(2,21)9-5-8-18-11-6-3-4-7-13(11)22-14-12(18)10-16-17-15(14)20/h3-4,6-7,10H,5,8-9H2,1-2H3,(H,17,20). The normalized spacial score (nSPS) is 13.7. The van der Waals surface area contributed by atoms with Crippen LogP contribution in [0.1, 0.15) is 6.42 Å². The zero-order valence-electron chi connectivity index (χ0n) is 12.6. The van der Waals surface area contributed by atoms with Crippen LogP contribution in [0.2, 0.25) is 0 Å². The molecule has 1 aliphatic heterocycles. The van der Waals surface area contributed by atoms with E-state index < -0.39 is 0 Å². The number of benzene rings is 1. The molecule has 1 aliphatic rings. The van der Waals surface area contributed by atoms with Gasteiger partial charge >= 0.3 is 0 Å². The van der Waals surface area contributed by atoms with Crippen molar-refractivity contribution >= 4 is 23.1 Å². The molecule has 0 aliphatic carbocycles. The zero-order valence-corrected chi connectivity index (χ0v) is 13.4. The lowest BCUT2D eigenvalue weighted by atomic mass is 10.2. The van der Waals surface area contributed by atoms with E-state index >= 15 is 0 Å². The van der Waals surface area contributed by atoms with Crippen molar-refractivity contribution in [3.63, 3.8) is 0 Å². The molecule has 0 saturated heterocycles. The first-order valence-corrected chi connectivity index (χ1v) is 7.93. The van der Waals surface area contributed by atoms with E-state index in [2.05, 4.69) is 15.1 Å². The van der Waals surface area contributed by atoms with Crippen LogP contribution < -0.4 is 10.5 Å². The predicted molar refractivity (Wildman–Crippen MR) is 87.4 cm³/mol. The van der Waals surface area contributed by atoms with E-state index in [9.17, 15) is 10.0 Å². The third kappa shape index (κ3) is 3.01. The Morgan fingerprint density at radius 1 is 1.32 bits per heavy atom. The van der Waals surface area contributed by atoms with Crippen molar-refractivity contribution in [1.82, 2.24) is 10.2 Å². The summed E-state index contributed by atoms with van der Waals surface area (Å²) >= 11 is 1.46. The summed E-state index contributed by atoms with van der Waals surface area (Å²) in [4.78, 5) is 15.8. The number of anilines is 2. The molecule has 3 rings (SSSR count). The number of H-pyrrole nitrogens is 1. The van der Waals surface area contributed by atoms with Gasteiger partial charge < -0.3 is 14.8 Å². The molecule has 22 heavy (non-hydrogen) atoms. The zero-order chi connectivity index (χ0) is 15.7. The van der Waals surface area contributed by atoms with Gasteiger partial charge in [-0.15, -0.1) is 0 Å². The van der Waals surface area contributed by atoms with E-state index in [4.69, 9.17) is 0 Å². The number of hydroxylamine groups is 3. The Labute approximate surface area is 132 Å². The third-order valence-electron chi connectivity index (χ3n) is 3.53. The maximum Gasteiger partial charge on any atom is 0.280 e. The molecule has 0 amide bonds. The summed E-state index contributed by atoms with van der Waals surface area (Å²) in [6.45, 7) is 1.21. The molecule has 0 unspecified atom stereocenters. The molecular formula is C15H18N4O2S. The summed E-state index contributed by atoms with van der Waals surface area (Å²) in [7, 11) is 3.28. The van der Waals surface area contributed by atoms with E-state index in [0.29, 0.717) is 18.0 Å². The average Bonchev–Trinajstić information content (AvgIpc) is 2.46. The van der Waals surface area contributed by atoms with Crippen molar-refractivity contribution in [1.29, 1.82) is 0 Å². The molecular weight excluding hydrogens is 300 g/mol. The minimum absolute atomic E-state index is 0.179. The largest absolute Gasteiger partial charge is 0.633 e. The van der Waals surface area contributed by atoms with Gasteiger partial charge in [-0.1, -0.05) is 23.9 Å². The van der Waals surface area contributed by atoms with Crippen molar-refractivity contribution < 1.29 is 4.65 Å². The van der Waals surface area contributed by atoms with Gasteiger partial charge in [0.25, 0.3) is 5.56 Å². The number of fused-ring (bicyclic) bond motifs is 2. The number of para-hydroxylation sites is 1. The Morgan fingerprint density at radius 2 is 2.09 bits per heavy atom. The topological polar surface area (TPSA) is 72.0 Å². The first-order chi connectivity index (χ1) is 10.5. The maximum absolute atomic E-state index is 12.0. The molecule has 2 aromatic rings. The highest BCUT2D eigenvalue weighted by atomic mass is 32.2. The van der Waals surface area contributed by atoms with Gasteiger partial charge in [-0.2, -0.15) is 5.10 Å². The van der Waals surface area contributed by atoms with Crippen LogP contribution >= 0.6 is 11.8 Å². The molecule has 0 fully saturated rings. The average molecular weight is 318 g/mol. The number of nitrogens with zero attached hydrogens (tertiary/aromatic N) is 3. The van der Waals surface area contributed by atoms with Crippen molar-refractivity contribution in [2.75, 3.05) is 32.1 Å². The lowest BCUT2D eigenvalue weighted by Crippen LogP contribution is -2.35. The van der Waals surface area contributed by atoms with E-state index in [1.165, 1.54) is 11.8 Å². The molecule has 7 heteroatoms. The highest BCUT2D eigenvalue weighted by molar-refractivity contribution is 7.99. The van der Waals surface area contributed by atoms with E-state index in [0.717, 1.165) is 22.7 Å². The lowest BCUT2D eigenvalue weighted by molar-refractivity contribution is -0.840. The van der Waals surface area contributed by atoms with Gasteiger partial charge in [0, 0.05) is 17.9 Å². The Bertz CT molecular complexity index is 739. The van der Waals surface area contributed by atoms with Crippen LogP contribution in [-0.2, 0) is 0 Å². The molecule has 1 aromatic heterocycles. The second kappa shape index (κ2) is 5.75. The number of quaternary nitrogens is 1. The highest BCUT2D eigenvalue weighted by Crippen LogP contribution is 2.45. The third-order valence-corrected chi connectivity index (χ3v) is 4.69. The van der Waals surface area contributed by atoms with E-state index in [1.807, 2.05) is 24.3 Å². The Hall–Kier alpha value is -1.83. The van der Waals surface area contributed by atoms with Crippen LogP contribution in [0.3, 0.4) is 0 Å². The fourth-order valence-electron chi connectivity index (χ4n) is 2.53. The Morgan fingerprint density at radius 3 is 2.86 bits per heavy atom. The summed E-state index contributed by atoms with van der Waals surface area (Å²) in [5.41, 5.74) is 1.69. The number of hydrogen-bond acceptors (Lipinski definition) is 5. The van der Waals surface area contributed by atoms with E-state index in [1.54, 1.807) is 20.3 Å². The van der Waals surface area contributed by atoms with Crippen LogP contribution in [0.5, 0.6) is 0 Å². The van der Waals surface area contributed by atoms with E-state index in [-0.39, 0.29) is 10.2 Å². The minimum Gasteiger partial charge on any atom is -0.633 e. The molecule has 0 bridgehead atoms. The highest BCUT2D eigenvalue weighted by Gasteiger charge is 2.25. The van der Waals surface area contributed by atoms with Gasteiger partial charge in [0.05, 0.1) is 38.2 Å². The number of aromatic amines is 1. The smallest absolute Gasteiger partial charge is 0.280 e. The summed E-state index contributed by atoms with van der Waals surface area (Å²) in [6, 6.07) is 7.97. The first kappa shape index (κ1) is 15.1. The number of aromatic nitrogens is 2. The van der Waals surface area contributed by atoms with Gasteiger partial charge in [0.2, 0.25) is 0 Å². The maximum atomic E-state index is 12.0. The van der Waals surface area contributed by atoms with Crippen molar-refractivity contribution in [3.8, 4) is 0 Å². The second-order valence-corrected chi connectivity index (χ2v) is 6.84. The van der Waals surface area contributed by atoms with Crippen LogP contribution in [0, 0.1) is 5.21 Å². The van der Waals surface area contributed by atoms with Crippen LogP contribution in [-0.4, -0.2) is 42.0 Å². The SMILES string of the molecule is C[N+](C)([O-])CCCN1c2ccccc2Sc2c1cn[nH]c2=O. The predicted octanol–water partition coefficient (Wildman–Crippen LogP) is 2.34. The van der Waals surface area contributed by atoms with Gasteiger partial charge in [0.15, 0.2) is 0 Å². The second-order valence-electron chi connectivity index (χ2n) is 5.79. The van der Waals surface area contributed by atoms with Crippen LogP contribution in [0.4, 0.5) is 11.4 Å².